The molecule has 1 aliphatic heterocycles. The lowest BCUT2D eigenvalue weighted by Gasteiger charge is -2.24. The van der Waals surface area contributed by atoms with E-state index in [9.17, 15) is 0 Å². The highest BCUT2D eigenvalue weighted by Gasteiger charge is 2.19. The molecule has 1 aromatic carbocycles. The van der Waals surface area contributed by atoms with Crippen LogP contribution in [0.15, 0.2) is 36.8 Å². The molecule has 0 amide bonds. The molecule has 0 radical (unpaired) electrons. The van der Waals surface area contributed by atoms with Crippen molar-refractivity contribution in [1.29, 1.82) is 0 Å². The van der Waals surface area contributed by atoms with Crippen LogP contribution < -0.4 is 5.32 Å². The van der Waals surface area contributed by atoms with Crippen molar-refractivity contribution >= 4 is 0 Å². The Kier molecular flexibility index (Phi) is 3.13. The molecule has 18 heavy (non-hydrogen) atoms. The zero-order valence-electron chi connectivity index (χ0n) is 10.5. The van der Waals surface area contributed by atoms with Gasteiger partial charge in [-0.25, -0.2) is 4.98 Å². The van der Waals surface area contributed by atoms with Crippen molar-refractivity contribution in [2.24, 2.45) is 0 Å². The van der Waals surface area contributed by atoms with Gasteiger partial charge in [-0.2, -0.15) is 0 Å². The third kappa shape index (κ3) is 2.17. The minimum Gasteiger partial charge on any atom is -0.369 e. The molecule has 0 aliphatic carbocycles. The van der Waals surface area contributed by atoms with Crippen molar-refractivity contribution in [3.63, 3.8) is 0 Å². The molecule has 1 aliphatic rings. The predicted molar refractivity (Wildman–Crippen MR) is 69.9 cm³/mol. The van der Waals surface area contributed by atoms with Crippen LogP contribution in [0.5, 0.6) is 0 Å². The van der Waals surface area contributed by atoms with Crippen LogP contribution in [0.2, 0.25) is 0 Å². The highest BCUT2D eigenvalue weighted by Crippen LogP contribution is 2.21. The van der Waals surface area contributed by atoms with Crippen molar-refractivity contribution in [2.75, 3.05) is 19.7 Å². The summed E-state index contributed by atoms with van der Waals surface area (Å²) in [6.45, 7) is 4.61. The zero-order valence-corrected chi connectivity index (χ0v) is 10.5. The van der Waals surface area contributed by atoms with Crippen molar-refractivity contribution in [3.8, 4) is 5.69 Å². The lowest BCUT2D eigenvalue weighted by Crippen LogP contribution is -2.34. The number of aryl methyl sites for hydroxylation is 1. The average Bonchev–Trinajstić information content (AvgIpc) is 2.90. The van der Waals surface area contributed by atoms with Crippen molar-refractivity contribution in [3.05, 3.63) is 48.0 Å². The highest BCUT2D eigenvalue weighted by atomic mass is 16.5. The van der Waals surface area contributed by atoms with E-state index < -0.39 is 0 Å². The van der Waals surface area contributed by atoms with E-state index in [1.807, 2.05) is 12.5 Å². The van der Waals surface area contributed by atoms with Gasteiger partial charge in [-0.1, -0.05) is 17.7 Å². The molecule has 94 valence electrons. The molecule has 0 saturated carbocycles. The fourth-order valence-corrected chi connectivity index (χ4v) is 2.22. The van der Waals surface area contributed by atoms with Crippen LogP contribution in [0, 0.1) is 6.92 Å². The Morgan fingerprint density at radius 3 is 2.89 bits per heavy atom. The largest absolute Gasteiger partial charge is 0.369 e. The molecule has 0 spiro atoms. The number of nitrogens with zero attached hydrogens (tertiary/aromatic N) is 2. The third-order valence-corrected chi connectivity index (χ3v) is 3.24. The summed E-state index contributed by atoms with van der Waals surface area (Å²) in [5.74, 6) is 0. The van der Waals surface area contributed by atoms with Crippen LogP contribution in [-0.4, -0.2) is 29.2 Å². The Morgan fingerprint density at radius 2 is 2.17 bits per heavy atom. The van der Waals surface area contributed by atoms with Gasteiger partial charge in [-0.3, -0.25) is 0 Å². The van der Waals surface area contributed by atoms with Crippen LogP contribution in [0.25, 0.3) is 5.69 Å². The summed E-state index contributed by atoms with van der Waals surface area (Å²) in [5.41, 5.74) is 3.49. The van der Waals surface area contributed by atoms with Gasteiger partial charge in [0.25, 0.3) is 0 Å². The molecule has 3 rings (SSSR count). The maximum absolute atomic E-state index is 5.78. The van der Waals surface area contributed by atoms with Gasteiger partial charge in [-0.15, -0.1) is 0 Å². The molecule has 2 aromatic rings. The Morgan fingerprint density at radius 1 is 1.33 bits per heavy atom. The second kappa shape index (κ2) is 4.92. The van der Waals surface area contributed by atoms with Crippen LogP contribution >= 0.6 is 0 Å². The minimum atomic E-state index is 0.0857. The van der Waals surface area contributed by atoms with Crippen molar-refractivity contribution in [2.45, 2.75) is 13.0 Å². The van der Waals surface area contributed by atoms with Gasteiger partial charge in [0.15, 0.2) is 0 Å². The quantitative estimate of drug-likeness (QED) is 0.874. The van der Waals surface area contributed by atoms with Crippen LogP contribution in [0.4, 0.5) is 0 Å². The first-order valence-corrected chi connectivity index (χ1v) is 6.26. The van der Waals surface area contributed by atoms with Gasteiger partial charge in [0.1, 0.15) is 6.10 Å². The number of rotatable bonds is 2. The van der Waals surface area contributed by atoms with E-state index in [1.165, 1.54) is 5.56 Å². The fourth-order valence-electron chi connectivity index (χ4n) is 2.22. The minimum absolute atomic E-state index is 0.0857. The van der Waals surface area contributed by atoms with Gasteiger partial charge in [0, 0.05) is 18.8 Å². The number of hydrogen-bond donors (Lipinski definition) is 1. The molecule has 0 bridgehead atoms. The smallest absolute Gasteiger partial charge is 0.112 e. The lowest BCUT2D eigenvalue weighted by molar-refractivity contribution is 0.0240. The van der Waals surface area contributed by atoms with E-state index in [2.05, 4.69) is 46.1 Å². The summed E-state index contributed by atoms with van der Waals surface area (Å²) >= 11 is 0. The molecular weight excluding hydrogens is 226 g/mol. The summed E-state index contributed by atoms with van der Waals surface area (Å²) in [5, 5.41) is 3.34. The number of morpholine rings is 1. The molecule has 1 unspecified atom stereocenters. The second-order valence-corrected chi connectivity index (χ2v) is 4.59. The van der Waals surface area contributed by atoms with Gasteiger partial charge in [0.05, 0.1) is 24.8 Å². The molecule has 1 atom stereocenters. The number of hydrogen-bond acceptors (Lipinski definition) is 3. The van der Waals surface area contributed by atoms with E-state index >= 15 is 0 Å². The van der Waals surface area contributed by atoms with Gasteiger partial charge in [0.2, 0.25) is 0 Å². The predicted octanol–water partition coefficient (Wildman–Crippen LogP) is 1.84. The molecule has 1 aromatic heterocycles. The monoisotopic (exact) mass is 243 g/mol. The maximum atomic E-state index is 5.78. The van der Waals surface area contributed by atoms with Gasteiger partial charge < -0.3 is 14.6 Å². The number of benzene rings is 1. The summed E-state index contributed by atoms with van der Waals surface area (Å²) in [6, 6.07) is 8.44. The van der Waals surface area contributed by atoms with Crippen LogP contribution in [0.3, 0.4) is 0 Å². The Bertz CT molecular complexity index is 512. The molecule has 1 N–H and O–H groups in total. The number of aromatic nitrogens is 2. The first kappa shape index (κ1) is 11.4. The van der Waals surface area contributed by atoms with E-state index in [-0.39, 0.29) is 6.10 Å². The molecule has 1 saturated heterocycles. The van der Waals surface area contributed by atoms with Gasteiger partial charge in [-0.05, 0) is 19.1 Å². The number of ether oxygens (including phenoxy) is 1. The Hall–Kier alpha value is -1.65. The van der Waals surface area contributed by atoms with E-state index in [4.69, 9.17) is 4.74 Å². The highest BCUT2D eigenvalue weighted by molar-refractivity contribution is 5.36. The molecule has 4 nitrogen and oxygen atoms in total. The van der Waals surface area contributed by atoms with E-state index in [1.54, 1.807) is 0 Å². The molecule has 2 heterocycles. The first-order chi connectivity index (χ1) is 8.84. The van der Waals surface area contributed by atoms with Crippen LogP contribution in [0.1, 0.15) is 17.4 Å². The molecule has 1 fully saturated rings. The average molecular weight is 243 g/mol. The third-order valence-electron chi connectivity index (χ3n) is 3.24. The molecular formula is C14H17N3O. The zero-order chi connectivity index (χ0) is 12.4. The second-order valence-electron chi connectivity index (χ2n) is 4.59. The summed E-state index contributed by atoms with van der Waals surface area (Å²) in [6.07, 6.45) is 3.82. The Balaban J connectivity index is 1.93. The first-order valence-electron chi connectivity index (χ1n) is 6.26. The Labute approximate surface area is 107 Å². The standard InChI is InChI=1S/C14H17N3O/c1-11-2-4-12(5-3-11)17-10-16-8-13(17)14-9-15-6-7-18-14/h2-5,8,10,14-15H,6-7,9H2,1H3. The van der Waals surface area contributed by atoms with Crippen LogP contribution in [-0.2, 0) is 4.74 Å². The summed E-state index contributed by atoms with van der Waals surface area (Å²) in [4.78, 5) is 4.25. The van der Waals surface area contributed by atoms with Crippen molar-refractivity contribution in [1.82, 2.24) is 14.9 Å². The fraction of sp³-hybridized carbons (Fsp3) is 0.357. The van der Waals surface area contributed by atoms with E-state index in [0.29, 0.717) is 0 Å². The molecule has 4 heteroatoms. The summed E-state index contributed by atoms with van der Waals surface area (Å²) < 4.78 is 7.88. The topological polar surface area (TPSA) is 39.1 Å². The lowest BCUT2D eigenvalue weighted by atomic mass is 10.2. The number of nitrogens with one attached hydrogen (secondary N) is 1. The van der Waals surface area contributed by atoms with Crippen molar-refractivity contribution < 1.29 is 4.74 Å². The SMILES string of the molecule is Cc1ccc(-n2cncc2C2CNCCO2)cc1. The summed E-state index contributed by atoms with van der Waals surface area (Å²) in [7, 11) is 0. The maximum Gasteiger partial charge on any atom is 0.112 e. The normalized spacial score (nSPS) is 19.9. The van der Waals surface area contributed by atoms with E-state index in [0.717, 1.165) is 31.1 Å². The van der Waals surface area contributed by atoms with Gasteiger partial charge >= 0.3 is 0 Å². The number of imidazole rings is 1.